The maximum Gasteiger partial charge on any atom is 0.311 e. The van der Waals surface area contributed by atoms with Gasteiger partial charge in [-0.2, -0.15) is 0 Å². The molecule has 0 unspecified atom stereocenters. The molecule has 0 radical (unpaired) electrons. The largest absolute Gasteiger partial charge is 0.497 e. The number of rotatable bonds is 7. The van der Waals surface area contributed by atoms with Gasteiger partial charge in [-0.1, -0.05) is 23.9 Å². The molecule has 0 fully saturated rings. The van der Waals surface area contributed by atoms with Gasteiger partial charge in [0.25, 0.3) is 0 Å². The lowest BCUT2D eigenvalue weighted by Gasteiger charge is -2.12. The average molecular weight is 440 g/mol. The number of anilines is 2. The Morgan fingerprint density at radius 3 is 2.61 bits per heavy atom. The molecule has 2 aromatic carbocycles. The number of amides is 1. The number of thioether (sulfide) groups is 1. The van der Waals surface area contributed by atoms with Gasteiger partial charge >= 0.3 is 5.97 Å². The molecule has 0 aromatic heterocycles. The highest BCUT2D eigenvalue weighted by Gasteiger charge is 2.20. The molecule has 1 amide bonds. The predicted octanol–water partition coefficient (Wildman–Crippen LogP) is 4.75. The first-order chi connectivity index (χ1) is 15.0. The monoisotopic (exact) mass is 439 g/mol. The number of carbonyl (C=O) groups excluding carboxylic acids is 2. The van der Waals surface area contributed by atoms with Crippen molar-refractivity contribution in [3.63, 3.8) is 0 Å². The van der Waals surface area contributed by atoms with Crippen LogP contribution in [0.15, 0.2) is 65.3 Å². The van der Waals surface area contributed by atoms with Crippen LogP contribution in [0, 0.1) is 0 Å². The second kappa shape index (κ2) is 10.7. The van der Waals surface area contributed by atoms with Crippen molar-refractivity contribution in [3.8, 4) is 5.75 Å². The highest BCUT2D eigenvalue weighted by atomic mass is 32.2. The van der Waals surface area contributed by atoms with E-state index in [0.717, 1.165) is 17.1 Å². The lowest BCUT2D eigenvalue weighted by atomic mass is 10.2. The smallest absolute Gasteiger partial charge is 0.311 e. The highest BCUT2D eigenvalue weighted by molar-refractivity contribution is 8.15. The van der Waals surface area contributed by atoms with Crippen LogP contribution < -0.4 is 15.4 Å². The van der Waals surface area contributed by atoms with E-state index in [4.69, 9.17) is 9.47 Å². The van der Waals surface area contributed by atoms with E-state index >= 15 is 0 Å². The first kappa shape index (κ1) is 22.4. The molecule has 2 aromatic rings. The zero-order valence-corrected chi connectivity index (χ0v) is 18.5. The topological polar surface area (TPSA) is 89.0 Å². The maximum absolute atomic E-state index is 12.7. The minimum atomic E-state index is -0.411. The summed E-state index contributed by atoms with van der Waals surface area (Å²) in [5.41, 5.74) is 2.89. The third-order valence-electron chi connectivity index (χ3n) is 4.39. The van der Waals surface area contributed by atoms with Crippen LogP contribution in [-0.2, 0) is 14.3 Å². The summed E-state index contributed by atoms with van der Waals surface area (Å²) in [6.07, 6.45) is 1.88. The normalized spacial score (nSPS) is 13.5. The Hall–Kier alpha value is -3.26. The molecule has 1 aliphatic heterocycles. The van der Waals surface area contributed by atoms with Gasteiger partial charge in [-0.25, -0.2) is 4.99 Å². The average Bonchev–Trinajstić information content (AvgIpc) is 2.92. The molecule has 2 N–H and O–H groups in total. The van der Waals surface area contributed by atoms with E-state index in [1.165, 1.54) is 11.8 Å². The van der Waals surface area contributed by atoms with Gasteiger partial charge in [0.2, 0.25) is 5.91 Å². The minimum Gasteiger partial charge on any atom is -0.497 e. The predicted molar refractivity (Wildman–Crippen MR) is 125 cm³/mol. The third-order valence-corrected chi connectivity index (χ3v) is 5.41. The van der Waals surface area contributed by atoms with Crippen molar-refractivity contribution in [2.75, 3.05) is 24.4 Å². The number of hydrogen-bond donors (Lipinski definition) is 2. The van der Waals surface area contributed by atoms with Crippen LogP contribution in [0.5, 0.6) is 5.75 Å². The van der Waals surface area contributed by atoms with Crippen LogP contribution in [0.3, 0.4) is 0 Å². The molecule has 0 spiro atoms. The van der Waals surface area contributed by atoms with E-state index in [2.05, 4.69) is 15.6 Å². The molecular weight excluding hydrogens is 414 g/mol. The fraction of sp³-hybridized carbons (Fsp3) is 0.261. The molecule has 31 heavy (non-hydrogen) atoms. The minimum absolute atomic E-state index is 0.0914. The SMILES string of the molecule is CCOC(=O)CC1=CC(S[C@@H](C)C(=O)Nc2ccc(OC)cc2)=Nc2ccccc2N1. The summed E-state index contributed by atoms with van der Waals surface area (Å²) < 4.78 is 10.2. The summed E-state index contributed by atoms with van der Waals surface area (Å²) in [6, 6.07) is 14.7. The van der Waals surface area contributed by atoms with E-state index < -0.39 is 5.25 Å². The number of hydrogen-bond acceptors (Lipinski definition) is 7. The molecule has 1 aliphatic rings. The third kappa shape index (κ3) is 6.36. The van der Waals surface area contributed by atoms with Crippen LogP contribution in [0.4, 0.5) is 17.1 Å². The number of methoxy groups -OCH3 is 1. The van der Waals surface area contributed by atoms with Gasteiger partial charge in [0, 0.05) is 11.4 Å². The molecule has 0 bridgehead atoms. The van der Waals surface area contributed by atoms with Crippen molar-refractivity contribution in [3.05, 3.63) is 60.3 Å². The van der Waals surface area contributed by atoms with Gasteiger partial charge in [-0.05, 0) is 56.3 Å². The van der Waals surface area contributed by atoms with Crippen molar-refractivity contribution in [2.24, 2.45) is 4.99 Å². The fourth-order valence-corrected chi connectivity index (χ4v) is 3.75. The summed E-state index contributed by atoms with van der Waals surface area (Å²) in [5, 5.41) is 6.37. The Kier molecular flexibility index (Phi) is 7.72. The summed E-state index contributed by atoms with van der Waals surface area (Å²) in [4.78, 5) is 29.4. The van der Waals surface area contributed by atoms with Crippen molar-refractivity contribution < 1.29 is 19.1 Å². The Morgan fingerprint density at radius 1 is 1.16 bits per heavy atom. The van der Waals surface area contributed by atoms with E-state index in [-0.39, 0.29) is 18.3 Å². The first-order valence-electron chi connectivity index (χ1n) is 9.91. The molecule has 0 saturated carbocycles. The number of nitrogens with zero attached hydrogens (tertiary/aromatic N) is 1. The number of carbonyl (C=O) groups is 2. The molecule has 7 nitrogen and oxygen atoms in total. The fourth-order valence-electron chi connectivity index (χ4n) is 2.86. The molecule has 0 aliphatic carbocycles. The van der Waals surface area contributed by atoms with Gasteiger partial charge < -0.3 is 20.1 Å². The van der Waals surface area contributed by atoms with E-state index in [1.54, 1.807) is 44.4 Å². The van der Waals surface area contributed by atoms with Crippen molar-refractivity contribution >= 4 is 45.7 Å². The summed E-state index contributed by atoms with van der Waals surface area (Å²) in [7, 11) is 1.59. The molecule has 0 saturated heterocycles. The number of benzene rings is 2. The van der Waals surface area contributed by atoms with Crippen LogP contribution >= 0.6 is 11.8 Å². The lowest BCUT2D eigenvalue weighted by molar-refractivity contribution is -0.142. The van der Waals surface area contributed by atoms with Gasteiger partial charge in [0.1, 0.15) is 5.75 Å². The lowest BCUT2D eigenvalue weighted by Crippen LogP contribution is -2.23. The van der Waals surface area contributed by atoms with E-state index in [9.17, 15) is 9.59 Å². The summed E-state index contributed by atoms with van der Waals surface area (Å²) >= 11 is 1.32. The zero-order valence-electron chi connectivity index (χ0n) is 17.7. The Bertz CT molecular complexity index is 1000. The Morgan fingerprint density at radius 2 is 1.90 bits per heavy atom. The quantitative estimate of drug-likeness (QED) is 0.606. The second-order valence-electron chi connectivity index (χ2n) is 6.72. The van der Waals surface area contributed by atoms with Gasteiger partial charge in [-0.15, -0.1) is 0 Å². The zero-order chi connectivity index (χ0) is 22.2. The van der Waals surface area contributed by atoms with Crippen LogP contribution in [0.25, 0.3) is 0 Å². The first-order valence-corrected chi connectivity index (χ1v) is 10.8. The van der Waals surface area contributed by atoms with Crippen molar-refractivity contribution in [1.29, 1.82) is 0 Å². The van der Waals surface area contributed by atoms with Gasteiger partial charge in [0.15, 0.2) is 0 Å². The summed E-state index contributed by atoms with van der Waals surface area (Å²) in [6.45, 7) is 3.91. The van der Waals surface area contributed by atoms with E-state index in [0.29, 0.717) is 23.0 Å². The number of esters is 1. The van der Waals surface area contributed by atoms with Gasteiger partial charge in [-0.3, -0.25) is 9.59 Å². The second-order valence-corrected chi connectivity index (χ2v) is 8.08. The van der Waals surface area contributed by atoms with Crippen LogP contribution in [0.2, 0.25) is 0 Å². The van der Waals surface area contributed by atoms with Crippen molar-refractivity contribution in [2.45, 2.75) is 25.5 Å². The number of ether oxygens (including phenoxy) is 2. The van der Waals surface area contributed by atoms with Crippen molar-refractivity contribution in [1.82, 2.24) is 0 Å². The standard InChI is InChI=1S/C23H25N3O4S/c1-4-30-22(27)14-17-13-21(26-20-8-6-5-7-19(20)24-17)31-15(2)23(28)25-16-9-11-18(29-3)12-10-16/h5-13,15,24H,4,14H2,1-3H3,(H,25,28)/t15-/m0/s1. The molecule has 1 atom stereocenters. The number of nitrogens with one attached hydrogen (secondary N) is 2. The van der Waals surface area contributed by atoms with Crippen LogP contribution in [0.1, 0.15) is 20.3 Å². The number of fused-ring (bicyclic) bond motifs is 1. The van der Waals surface area contributed by atoms with Crippen LogP contribution in [-0.4, -0.2) is 35.9 Å². The van der Waals surface area contributed by atoms with Gasteiger partial charge in [0.05, 0.1) is 41.8 Å². The molecule has 3 rings (SSSR count). The number of para-hydroxylation sites is 2. The molecular formula is C23H25N3O4S. The highest BCUT2D eigenvalue weighted by Crippen LogP contribution is 2.32. The Balaban J connectivity index is 1.75. The van der Waals surface area contributed by atoms with E-state index in [1.807, 2.05) is 31.2 Å². The maximum atomic E-state index is 12.7. The molecule has 162 valence electrons. The molecule has 8 heteroatoms. The summed E-state index contributed by atoms with van der Waals surface area (Å²) in [5.74, 6) is 0.248. The molecule has 1 heterocycles. The number of aliphatic imine (C=N–C) groups is 1. The Labute approximate surface area is 185 Å².